The maximum Gasteiger partial charge on any atom is 0.416 e. The van der Waals surface area contributed by atoms with E-state index in [0.717, 1.165) is 6.08 Å². The van der Waals surface area contributed by atoms with Crippen molar-refractivity contribution in [2.75, 3.05) is 20.2 Å². The van der Waals surface area contributed by atoms with Crippen LogP contribution in [0.25, 0.3) is 6.08 Å². The highest BCUT2D eigenvalue weighted by atomic mass is 16.6. The summed E-state index contributed by atoms with van der Waals surface area (Å²) in [6.45, 7) is -5.78. The van der Waals surface area contributed by atoms with Crippen LogP contribution >= 0.6 is 0 Å². The molecule has 1 heterocycles. The monoisotopic (exact) mass is 251 g/mol. The number of carbonyl (C=O) groups excluding carboxylic acids is 2. The molecule has 1 saturated heterocycles. The smallest absolute Gasteiger partial charge is 0.416 e. The first-order valence-electron chi connectivity index (χ1n) is 7.08. The molecule has 0 bridgehead atoms. The number of benzene rings is 1. The van der Waals surface area contributed by atoms with Gasteiger partial charge in [0.15, 0.2) is 0 Å². The molecule has 1 aromatic rings. The quantitative estimate of drug-likeness (QED) is 0.767. The number of hydrogen-bond acceptors (Lipinski definition) is 4. The second-order valence-electron chi connectivity index (χ2n) is 3.36. The maximum atomic E-state index is 12.0. The van der Waals surface area contributed by atoms with Crippen LogP contribution < -0.4 is 4.74 Å². The van der Waals surface area contributed by atoms with Crippen molar-refractivity contribution in [3.8, 4) is 5.75 Å². The van der Waals surface area contributed by atoms with Crippen molar-refractivity contribution < 1.29 is 24.5 Å². The van der Waals surface area contributed by atoms with Gasteiger partial charge in [-0.3, -0.25) is 4.79 Å². The molecule has 0 unspecified atom stereocenters. The van der Waals surface area contributed by atoms with Gasteiger partial charge in [-0.15, -0.1) is 0 Å². The Labute approximate surface area is 110 Å². The average Bonchev–Trinajstić information content (AvgIpc) is 2.60. The third kappa shape index (κ3) is 2.68. The van der Waals surface area contributed by atoms with Gasteiger partial charge in [0, 0.05) is 6.08 Å². The van der Waals surface area contributed by atoms with Crippen LogP contribution in [0.4, 0.5) is 4.79 Å². The van der Waals surface area contributed by atoms with Crippen molar-refractivity contribution in [1.82, 2.24) is 4.90 Å². The Balaban J connectivity index is 2.17. The van der Waals surface area contributed by atoms with Crippen molar-refractivity contribution in [3.63, 3.8) is 0 Å². The molecule has 5 nitrogen and oxygen atoms in total. The largest absolute Gasteiger partial charge is 0.497 e. The van der Waals surface area contributed by atoms with Gasteiger partial charge in [-0.25, -0.2) is 9.69 Å². The number of ether oxygens (including phenoxy) is 2. The number of methoxy groups -OCH3 is 1. The fraction of sp³-hybridized carbons (Fsp3) is 0.231. The highest BCUT2D eigenvalue weighted by Crippen LogP contribution is 2.13. The van der Waals surface area contributed by atoms with E-state index in [4.69, 9.17) is 10.2 Å². The standard InChI is InChI=1S/C13H13NO4/c1-17-11-5-2-10(3-6-11)4-7-12(15)14-8-9-18-13(14)16/h2-7H,8-9H2,1H3/b7-4+/i8D2,9D2. The molecule has 0 N–H and O–H groups in total. The molecule has 94 valence electrons. The van der Waals surface area contributed by atoms with E-state index in [1.807, 2.05) is 0 Å². The van der Waals surface area contributed by atoms with Crippen molar-refractivity contribution in [3.05, 3.63) is 35.9 Å². The Morgan fingerprint density at radius 3 is 2.78 bits per heavy atom. The molecular weight excluding hydrogens is 234 g/mol. The summed E-state index contributed by atoms with van der Waals surface area (Å²) >= 11 is 0. The molecule has 2 rings (SSSR count). The van der Waals surface area contributed by atoms with Gasteiger partial charge in [0.2, 0.25) is 0 Å². The van der Waals surface area contributed by atoms with E-state index in [1.165, 1.54) is 13.2 Å². The Morgan fingerprint density at radius 1 is 1.50 bits per heavy atom. The molecule has 0 spiro atoms. The summed E-state index contributed by atoms with van der Waals surface area (Å²) in [5, 5.41) is 0. The normalized spacial score (nSPS) is 23.8. The minimum absolute atomic E-state index is 0.118. The minimum Gasteiger partial charge on any atom is -0.497 e. The molecule has 0 aliphatic carbocycles. The maximum absolute atomic E-state index is 12.0. The van der Waals surface area contributed by atoms with Crippen LogP contribution in [-0.4, -0.2) is 37.1 Å². The van der Waals surface area contributed by atoms with E-state index in [9.17, 15) is 9.59 Å². The van der Waals surface area contributed by atoms with E-state index in [2.05, 4.69) is 4.74 Å². The van der Waals surface area contributed by atoms with Gasteiger partial charge >= 0.3 is 6.09 Å². The summed E-state index contributed by atoms with van der Waals surface area (Å²) in [5.74, 6) is -0.372. The van der Waals surface area contributed by atoms with E-state index >= 15 is 0 Å². The second kappa shape index (κ2) is 5.35. The molecule has 5 heteroatoms. The Hall–Kier alpha value is -2.30. The zero-order valence-electron chi connectivity index (χ0n) is 13.5. The molecule has 18 heavy (non-hydrogen) atoms. The van der Waals surface area contributed by atoms with E-state index in [1.54, 1.807) is 24.3 Å². The van der Waals surface area contributed by atoms with Crippen molar-refractivity contribution >= 4 is 18.1 Å². The van der Waals surface area contributed by atoms with Gasteiger partial charge in [-0.2, -0.15) is 0 Å². The summed E-state index contributed by atoms with van der Waals surface area (Å²) < 4.78 is 38.9. The lowest BCUT2D eigenvalue weighted by Gasteiger charge is -2.06. The number of nitrogens with zero attached hydrogens (tertiary/aromatic N) is 1. The van der Waals surface area contributed by atoms with Crippen LogP contribution in [0.3, 0.4) is 0 Å². The number of hydrogen-bond donors (Lipinski definition) is 0. The first-order valence-corrected chi connectivity index (χ1v) is 5.08. The van der Waals surface area contributed by atoms with Crippen LogP contribution in [0.15, 0.2) is 30.3 Å². The molecule has 1 fully saturated rings. The first-order chi connectivity index (χ1) is 10.2. The lowest BCUT2D eigenvalue weighted by Crippen LogP contribution is -2.29. The van der Waals surface area contributed by atoms with Gasteiger partial charge in [0.1, 0.15) is 12.3 Å². The van der Waals surface area contributed by atoms with E-state index < -0.39 is 25.1 Å². The fourth-order valence-electron chi connectivity index (χ4n) is 1.31. The molecule has 0 saturated carbocycles. The van der Waals surface area contributed by atoms with E-state index in [-0.39, 0.29) is 4.90 Å². The summed E-state index contributed by atoms with van der Waals surface area (Å²) in [4.78, 5) is 23.6. The van der Waals surface area contributed by atoms with Gasteiger partial charge in [-0.05, 0) is 23.8 Å². The van der Waals surface area contributed by atoms with Crippen LogP contribution in [0.1, 0.15) is 11.0 Å². The second-order valence-corrected chi connectivity index (χ2v) is 3.36. The predicted molar refractivity (Wildman–Crippen MR) is 65.1 cm³/mol. The van der Waals surface area contributed by atoms with Crippen molar-refractivity contribution in [1.29, 1.82) is 0 Å². The first kappa shape index (κ1) is 7.92. The lowest BCUT2D eigenvalue weighted by atomic mass is 10.2. The summed E-state index contributed by atoms with van der Waals surface area (Å²) in [6.07, 6.45) is 0.987. The van der Waals surface area contributed by atoms with Gasteiger partial charge in [0.25, 0.3) is 5.91 Å². The van der Waals surface area contributed by atoms with Crippen LogP contribution in [0, 0.1) is 0 Å². The zero-order chi connectivity index (χ0) is 16.5. The summed E-state index contributed by atoms with van der Waals surface area (Å²) in [5.41, 5.74) is 0.630. The summed E-state index contributed by atoms with van der Waals surface area (Å²) in [6, 6.07) is 6.68. The molecule has 2 amide bonds. The predicted octanol–water partition coefficient (Wildman–Crippen LogP) is 1.69. The van der Waals surface area contributed by atoms with Crippen LogP contribution in [0.2, 0.25) is 0 Å². The Morgan fingerprint density at radius 2 is 2.22 bits per heavy atom. The highest BCUT2D eigenvalue weighted by Gasteiger charge is 2.26. The van der Waals surface area contributed by atoms with Gasteiger partial charge in [-0.1, -0.05) is 12.1 Å². The third-order valence-electron chi connectivity index (χ3n) is 2.23. The third-order valence-corrected chi connectivity index (χ3v) is 2.23. The number of rotatable bonds is 3. The highest BCUT2D eigenvalue weighted by molar-refractivity contribution is 6.01. The fourth-order valence-corrected chi connectivity index (χ4v) is 1.31. The average molecular weight is 251 g/mol. The number of cyclic esters (lactones) is 1. The molecule has 1 aromatic carbocycles. The molecular formula is C13H13NO4. The topological polar surface area (TPSA) is 55.8 Å². The molecule has 1 aliphatic heterocycles. The number of amides is 2. The van der Waals surface area contributed by atoms with Gasteiger partial charge < -0.3 is 9.47 Å². The number of imide groups is 1. The van der Waals surface area contributed by atoms with Crippen LogP contribution in [-0.2, 0) is 9.53 Å². The molecule has 1 aliphatic rings. The van der Waals surface area contributed by atoms with Gasteiger partial charge in [0.05, 0.1) is 19.1 Å². The zero-order valence-corrected chi connectivity index (χ0v) is 9.54. The van der Waals surface area contributed by atoms with Crippen molar-refractivity contribution in [2.45, 2.75) is 0 Å². The minimum atomic E-state index is -2.90. The molecule has 0 atom stereocenters. The summed E-state index contributed by atoms with van der Waals surface area (Å²) in [7, 11) is 1.52. The van der Waals surface area contributed by atoms with Crippen LogP contribution in [0.5, 0.6) is 5.75 Å². The Kier molecular flexibility index (Phi) is 2.36. The molecule has 0 aromatic heterocycles. The SMILES string of the molecule is [2H]C1([2H])OC(=O)N(C(=O)/C=C/c2ccc(OC)cc2)C1([2H])[2H]. The molecule has 0 radical (unpaired) electrons. The lowest BCUT2D eigenvalue weighted by molar-refractivity contribution is -0.122. The number of carbonyl (C=O) groups is 2. The van der Waals surface area contributed by atoms with E-state index in [0.29, 0.717) is 11.3 Å². The Bertz CT molecular complexity index is 627. The van der Waals surface area contributed by atoms with Crippen molar-refractivity contribution in [2.24, 2.45) is 0 Å².